The molecule has 3 atom stereocenters. The Labute approximate surface area is 169 Å². The van der Waals surface area contributed by atoms with Crippen LogP contribution in [-0.4, -0.2) is 52.8 Å². The van der Waals surface area contributed by atoms with Crippen molar-refractivity contribution in [2.24, 2.45) is 5.92 Å². The lowest BCUT2D eigenvalue weighted by molar-refractivity contribution is -0.142. The Balaban J connectivity index is 2.06. The monoisotopic (exact) mass is 388 g/mol. The molecule has 0 spiro atoms. The lowest BCUT2D eigenvalue weighted by atomic mass is 9.56. The SMILES string of the molecule is CCCC1(O)C(C)N(CC2CC2)CC[C@]1(CCNC=O)c1cc(O)ccc1C. The van der Waals surface area contributed by atoms with Gasteiger partial charge in [-0.2, -0.15) is 0 Å². The zero-order valence-electron chi connectivity index (χ0n) is 17.6. The van der Waals surface area contributed by atoms with Crippen molar-refractivity contribution in [3.05, 3.63) is 29.3 Å². The average molecular weight is 389 g/mol. The van der Waals surface area contributed by atoms with Crippen LogP contribution in [0.1, 0.15) is 63.5 Å². The maximum Gasteiger partial charge on any atom is 0.207 e. The van der Waals surface area contributed by atoms with E-state index in [-0.39, 0.29) is 11.8 Å². The fourth-order valence-corrected chi connectivity index (χ4v) is 5.47. The summed E-state index contributed by atoms with van der Waals surface area (Å²) in [6.45, 7) is 8.84. The summed E-state index contributed by atoms with van der Waals surface area (Å²) in [4.78, 5) is 13.4. The molecular formula is C23H36N2O3. The molecule has 1 aromatic rings. The molecule has 5 heteroatoms. The van der Waals surface area contributed by atoms with Crippen molar-refractivity contribution in [1.29, 1.82) is 0 Å². The van der Waals surface area contributed by atoms with Crippen LogP contribution in [0.25, 0.3) is 0 Å². The number of hydrogen-bond acceptors (Lipinski definition) is 4. The maximum absolute atomic E-state index is 12.3. The minimum absolute atomic E-state index is 0.0276. The molecule has 2 aliphatic rings. The molecule has 2 unspecified atom stereocenters. The van der Waals surface area contributed by atoms with E-state index in [0.29, 0.717) is 19.4 Å². The number of amides is 1. The van der Waals surface area contributed by atoms with Crippen molar-refractivity contribution in [3.63, 3.8) is 0 Å². The molecule has 1 aliphatic carbocycles. The number of carbonyl (C=O) groups is 1. The topological polar surface area (TPSA) is 72.8 Å². The number of phenols is 1. The number of likely N-dealkylation sites (tertiary alicyclic amines) is 1. The second-order valence-electron chi connectivity index (χ2n) is 8.94. The third-order valence-electron chi connectivity index (χ3n) is 7.23. The smallest absolute Gasteiger partial charge is 0.207 e. The van der Waals surface area contributed by atoms with Crippen LogP contribution in [0.2, 0.25) is 0 Å². The quantitative estimate of drug-likeness (QED) is 0.449. The van der Waals surface area contributed by atoms with E-state index in [0.717, 1.165) is 49.4 Å². The van der Waals surface area contributed by atoms with E-state index in [9.17, 15) is 15.0 Å². The minimum atomic E-state index is -0.919. The summed E-state index contributed by atoms with van der Waals surface area (Å²) in [5.74, 6) is 1.01. The van der Waals surface area contributed by atoms with E-state index in [1.165, 1.54) is 12.8 Å². The van der Waals surface area contributed by atoms with E-state index in [1.807, 2.05) is 12.1 Å². The molecule has 5 nitrogen and oxygen atoms in total. The van der Waals surface area contributed by atoms with Crippen LogP contribution in [0.5, 0.6) is 5.75 Å². The normalized spacial score (nSPS) is 30.9. The first-order chi connectivity index (χ1) is 13.4. The second kappa shape index (κ2) is 8.42. The summed E-state index contributed by atoms with van der Waals surface area (Å²) in [7, 11) is 0. The molecule has 1 aromatic carbocycles. The van der Waals surface area contributed by atoms with Gasteiger partial charge in [0.25, 0.3) is 0 Å². The highest BCUT2D eigenvalue weighted by Gasteiger charge is 2.58. The van der Waals surface area contributed by atoms with Gasteiger partial charge in [0.2, 0.25) is 6.41 Å². The number of benzene rings is 1. The summed E-state index contributed by atoms with van der Waals surface area (Å²) in [6.07, 6.45) is 6.41. The lowest BCUT2D eigenvalue weighted by Crippen LogP contribution is -2.68. The van der Waals surface area contributed by atoms with Crippen LogP contribution >= 0.6 is 0 Å². The van der Waals surface area contributed by atoms with E-state index >= 15 is 0 Å². The standard InChI is InChI=1S/C23H36N2O3/c1-4-9-23(28)18(3)25(15-19-6-7-19)13-11-22(23,10-12-24-16-26)21-14-20(27)8-5-17(21)2/h5,8,14,16,18-19,27-28H,4,6-7,9-13,15H2,1-3H3,(H,24,26)/t18?,22-,23?/m1/s1. The van der Waals surface area contributed by atoms with E-state index in [2.05, 4.69) is 31.0 Å². The van der Waals surface area contributed by atoms with Gasteiger partial charge in [-0.05, 0) is 81.7 Å². The fourth-order valence-electron chi connectivity index (χ4n) is 5.47. The molecule has 3 N–H and O–H groups in total. The lowest BCUT2D eigenvalue weighted by Gasteiger charge is -2.58. The van der Waals surface area contributed by atoms with Crippen molar-refractivity contribution in [2.45, 2.75) is 76.4 Å². The first-order valence-corrected chi connectivity index (χ1v) is 10.8. The van der Waals surface area contributed by atoms with Gasteiger partial charge < -0.3 is 15.5 Å². The number of nitrogens with one attached hydrogen (secondary N) is 1. The number of phenolic OH excluding ortho intramolecular Hbond substituents is 1. The van der Waals surface area contributed by atoms with Crippen molar-refractivity contribution >= 4 is 6.41 Å². The minimum Gasteiger partial charge on any atom is -0.508 e. The zero-order chi connectivity index (χ0) is 20.4. The van der Waals surface area contributed by atoms with Crippen LogP contribution in [0.4, 0.5) is 0 Å². The highest BCUT2D eigenvalue weighted by atomic mass is 16.3. The van der Waals surface area contributed by atoms with Crippen molar-refractivity contribution < 1.29 is 15.0 Å². The predicted octanol–water partition coefficient (Wildman–Crippen LogP) is 3.11. The zero-order valence-corrected chi connectivity index (χ0v) is 17.6. The number of aryl methyl sites for hydroxylation is 1. The fraction of sp³-hybridized carbons (Fsp3) is 0.696. The van der Waals surface area contributed by atoms with E-state index < -0.39 is 11.0 Å². The molecule has 3 rings (SSSR count). The summed E-state index contributed by atoms with van der Waals surface area (Å²) in [5.41, 5.74) is 0.689. The summed E-state index contributed by atoms with van der Waals surface area (Å²) >= 11 is 0. The number of piperidine rings is 1. The molecule has 1 amide bonds. The summed E-state index contributed by atoms with van der Waals surface area (Å²) in [5, 5.41) is 25.3. The molecule has 1 saturated carbocycles. The molecule has 2 fully saturated rings. The first kappa shape index (κ1) is 21.1. The first-order valence-electron chi connectivity index (χ1n) is 10.8. The van der Waals surface area contributed by atoms with Crippen LogP contribution in [-0.2, 0) is 10.2 Å². The predicted molar refractivity (Wildman–Crippen MR) is 111 cm³/mol. The molecule has 0 aromatic heterocycles. The van der Waals surface area contributed by atoms with E-state index in [4.69, 9.17) is 0 Å². The van der Waals surface area contributed by atoms with Crippen LogP contribution < -0.4 is 5.32 Å². The van der Waals surface area contributed by atoms with Gasteiger partial charge in [0.15, 0.2) is 0 Å². The molecule has 1 heterocycles. The summed E-state index contributed by atoms with van der Waals surface area (Å²) < 4.78 is 0. The Morgan fingerprint density at radius 2 is 2.07 bits per heavy atom. The molecule has 0 radical (unpaired) electrons. The Kier molecular flexibility index (Phi) is 6.35. The summed E-state index contributed by atoms with van der Waals surface area (Å²) in [6, 6.07) is 5.51. The highest BCUT2D eigenvalue weighted by Crippen LogP contribution is 2.52. The van der Waals surface area contributed by atoms with Gasteiger partial charge in [0, 0.05) is 24.5 Å². The van der Waals surface area contributed by atoms with Crippen molar-refractivity contribution in [3.8, 4) is 5.75 Å². The van der Waals surface area contributed by atoms with Gasteiger partial charge in [-0.3, -0.25) is 9.69 Å². The van der Waals surface area contributed by atoms with Gasteiger partial charge in [-0.15, -0.1) is 0 Å². The molecule has 156 valence electrons. The highest BCUT2D eigenvalue weighted by molar-refractivity contribution is 5.46. The molecule has 28 heavy (non-hydrogen) atoms. The van der Waals surface area contributed by atoms with E-state index in [1.54, 1.807) is 6.07 Å². The Morgan fingerprint density at radius 1 is 1.32 bits per heavy atom. The average Bonchev–Trinajstić information content (AvgIpc) is 3.48. The molecule has 0 bridgehead atoms. The third kappa shape index (κ3) is 3.79. The largest absolute Gasteiger partial charge is 0.508 e. The van der Waals surface area contributed by atoms with Crippen LogP contribution in [0.15, 0.2) is 18.2 Å². The van der Waals surface area contributed by atoms with Gasteiger partial charge in [-0.25, -0.2) is 0 Å². The number of aliphatic hydroxyl groups is 1. The third-order valence-corrected chi connectivity index (χ3v) is 7.23. The van der Waals surface area contributed by atoms with Crippen molar-refractivity contribution in [1.82, 2.24) is 10.2 Å². The molecular weight excluding hydrogens is 352 g/mol. The van der Waals surface area contributed by atoms with Crippen LogP contribution in [0, 0.1) is 12.8 Å². The Morgan fingerprint density at radius 3 is 2.71 bits per heavy atom. The number of rotatable bonds is 9. The van der Waals surface area contributed by atoms with Gasteiger partial charge >= 0.3 is 0 Å². The van der Waals surface area contributed by atoms with Gasteiger partial charge in [0.05, 0.1) is 5.60 Å². The number of aromatic hydroxyl groups is 1. The number of carbonyl (C=O) groups excluding carboxylic acids is 1. The van der Waals surface area contributed by atoms with Crippen LogP contribution in [0.3, 0.4) is 0 Å². The molecule has 1 aliphatic heterocycles. The Hall–Kier alpha value is -1.59. The second-order valence-corrected chi connectivity index (χ2v) is 8.94. The Bertz CT molecular complexity index is 690. The molecule has 1 saturated heterocycles. The van der Waals surface area contributed by atoms with Gasteiger partial charge in [-0.1, -0.05) is 19.4 Å². The maximum atomic E-state index is 12.3. The van der Waals surface area contributed by atoms with Gasteiger partial charge in [0.1, 0.15) is 5.75 Å². The number of nitrogens with zero attached hydrogens (tertiary/aromatic N) is 1. The van der Waals surface area contributed by atoms with Crippen molar-refractivity contribution in [2.75, 3.05) is 19.6 Å². The number of hydrogen-bond donors (Lipinski definition) is 3.